The van der Waals surface area contributed by atoms with Gasteiger partial charge >= 0.3 is 5.97 Å². The second-order valence-electron chi connectivity index (χ2n) is 4.40. The third-order valence-electron chi connectivity index (χ3n) is 3.09. The smallest absolute Gasteiger partial charge is 0.302 e. The number of benzene rings is 1. The maximum absolute atomic E-state index is 11.1. The third kappa shape index (κ3) is 3.14. The summed E-state index contributed by atoms with van der Waals surface area (Å²) in [6.45, 7) is 1.37. The summed E-state index contributed by atoms with van der Waals surface area (Å²) in [5.74, 6) is -0.350. The highest BCUT2D eigenvalue weighted by atomic mass is 16.5. The Hall–Kier alpha value is -2.26. The number of rotatable bonds is 3. The van der Waals surface area contributed by atoms with E-state index >= 15 is 0 Å². The summed E-state index contributed by atoms with van der Waals surface area (Å²) >= 11 is 0. The van der Waals surface area contributed by atoms with Crippen molar-refractivity contribution in [3.05, 3.63) is 52.4 Å². The van der Waals surface area contributed by atoms with E-state index in [1.807, 2.05) is 30.3 Å². The topological polar surface area (TPSA) is 75.1 Å². The van der Waals surface area contributed by atoms with Crippen LogP contribution in [0.2, 0.25) is 0 Å². The standard InChI is InChI=1S/C14H15N3O2/c1-10(18)19-13-9-5-8-12(14(13)16-17-15)11-6-3-2-4-7-11/h2-4,6-8,13-14H,5,9H2,1H3/t13-,14+/m0/s1. The minimum Gasteiger partial charge on any atom is -0.462 e. The molecule has 0 bridgehead atoms. The van der Waals surface area contributed by atoms with Crippen LogP contribution in [0, 0.1) is 0 Å². The first kappa shape index (κ1) is 13.2. The SMILES string of the molecule is CC(=O)O[C@H]1CCC=C(c2ccccc2)[C@H]1N=[N+]=[N-]. The number of esters is 1. The van der Waals surface area contributed by atoms with E-state index in [1.165, 1.54) is 6.92 Å². The summed E-state index contributed by atoms with van der Waals surface area (Å²) in [4.78, 5) is 14.0. The first-order valence-corrected chi connectivity index (χ1v) is 6.19. The van der Waals surface area contributed by atoms with Crippen LogP contribution in [0.5, 0.6) is 0 Å². The van der Waals surface area contributed by atoms with Crippen LogP contribution in [-0.2, 0) is 9.53 Å². The first-order valence-electron chi connectivity index (χ1n) is 6.19. The minimum atomic E-state index is -0.454. The maximum Gasteiger partial charge on any atom is 0.302 e. The molecule has 98 valence electrons. The Morgan fingerprint density at radius 2 is 2.16 bits per heavy atom. The molecular weight excluding hydrogens is 242 g/mol. The van der Waals surface area contributed by atoms with Crippen molar-refractivity contribution >= 4 is 11.5 Å². The Morgan fingerprint density at radius 1 is 1.42 bits per heavy atom. The fraction of sp³-hybridized carbons (Fsp3) is 0.357. The Bertz CT molecular complexity index is 533. The molecule has 19 heavy (non-hydrogen) atoms. The van der Waals surface area contributed by atoms with Crippen LogP contribution in [0.4, 0.5) is 0 Å². The number of azide groups is 1. The van der Waals surface area contributed by atoms with Gasteiger partial charge in [0.25, 0.3) is 0 Å². The molecule has 0 radical (unpaired) electrons. The predicted octanol–water partition coefficient (Wildman–Crippen LogP) is 3.47. The largest absolute Gasteiger partial charge is 0.462 e. The summed E-state index contributed by atoms with van der Waals surface area (Å²) < 4.78 is 5.26. The number of hydrogen-bond donors (Lipinski definition) is 0. The lowest BCUT2D eigenvalue weighted by Crippen LogP contribution is -2.32. The van der Waals surface area contributed by atoms with E-state index < -0.39 is 6.04 Å². The second kappa shape index (κ2) is 6.07. The van der Waals surface area contributed by atoms with Crippen LogP contribution in [-0.4, -0.2) is 18.1 Å². The van der Waals surface area contributed by atoms with Crippen molar-refractivity contribution in [3.63, 3.8) is 0 Å². The van der Waals surface area contributed by atoms with Crippen LogP contribution in [0.3, 0.4) is 0 Å². The van der Waals surface area contributed by atoms with Crippen LogP contribution >= 0.6 is 0 Å². The average Bonchev–Trinajstić information content (AvgIpc) is 2.41. The lowest BCUT2D eigenvalue weighted by molar-refractivity contribution is -0.147. The normalized spacial score (nSPS) is 22.1. The molecule has 0 fully saturated rings. The van der Waals surface area contributed by atoms with Crippen molar-refractivity contribution in [2.75, 3.05) is 0 Å². The molecular formula is C14H15N3O2. The van der Waals surface area contributed by atoms with Gasteiger partial charge in [0.15, 0.2) is 0 Å². The zero-order valence-corrected chi connectivity index (χ0v) is 10.7. The molecule has 1 aromatic carbocycles. The van der Waals surface area contributed by atoms with Gasteiger partial charge in [-0.05, 0) is 29.5 Å². The zero-order valence-electron chi connectivity index (χ0n) is 10.7. The highest BCUT2D eigenvalue weighted by molar-refractivity contribution is 5.72. The van der Waals surface area contributed by atoms with Crippen LogP contribution in [0.25, 0.3) is 16.0 Å². The number of nitrogens with zero attached hydrogens (tertiary/aromatic N) is 3. The van der Waals surface area contributed by atoms with Gasteiger partial charge in [0, 0.05) is 11.8 Å². The molecule has 1 aliphatic rings. The number of carbonyl (C=O) groups excluding carboxylic acids is 1. The van der Waals surface area contributed by atoms with E-state index in [2.05, 4.69) is 16.1 Å². The van der Waals surface area contributed by atoms with Crippen LogP contribution < -0.4 is 0 Å². The van der Waals surface area contributed by atoms with E-state index in [4.69, 9.17) is 10.3 Å². The molecule has 2 atom stereocenters. The molecule has 0 amide bonds. The number of carbonyl (C=O) groups is 1. The highest BCUT2D eigenvalue weighted by Crippen LogP contribution is 2.31. The van der Waals surface area contributed by atoms with E-state index in [9.17, 15) is 4.79 Å². The predicted molar refractivity (Wildman–Crippen MR) is 72.1 cm³/mol. The Kier molecular flexibility index (Phi) is 4.21. The zero-order chi connectivity index (χ0) is 13.7. The van der Waals surface area contributed by atoms with Gasteiger partial charge in [-0.15, -0.1) is 0 Å². The summed E-state index contributed by atoms with van der Waals surface area (Å²) in [5.41, 5.74) is 10.6. The summed E-state index contributed by atoms with van der Waals surface area (Å²) in [6, 6.07) is 9.25. The van der Waals surface area contributed by atoms with Crippen molar-refractivity contribution in [3.8, 4) is 0 Å². The van der Waals surface area contributed by atoms with Gasteiger partial charge in [0.05, 0.1) is 6.04 Å². The minimum absolute atomic E-state index is 0.350. The van der Waals surface area contributed by atoms with E-state index in [-0.39, 0.29) is 12.1 Å². The average molecular weight is 257 g/mol. The van der Waals surface area contributed by atoms with Gasteiger partial charge in [0.2, 0.25) is 0 Å². The van der Waals surface area contributed by atoms with E-state index in [0.717, 1.165) is 17.6 Å². The molecule has 1 aromatic rings. The first-order chi connectivity index (χ1) is 9.22. The third-order valence-corrected chi connectivity index (χ3v) is 3.09. The van der Waals surface area contributed by atoms with Gasteiger partial charge in [-0.25, -0.2) is 0 Å². The highest BCUT2D eigenvalue weighted by Gasteiger charge is 2.30. The molecule has 0 spiro atoms. The molecule has 1 aliphatic carbocycles. The number of ether oxygens (including phenoxy) is 1. The van der Waals surface area contributed by atoms with Gasteiger partial charge in [-0.3, -0.25) is 4.79 Å². The van der Waals surface area contributed by atoms with E-state index in [0.29, 0.717) is 6.42 Å². The van der Waals surface area contributed by atoms with Gasteiger partial charge in [-0.2, -0.15) is 0 Å². The lowest BCUT2D eigenvalue weighted by atomic mass is 9.87. The lowest BCUT2D eigenvalue weighted by Gasteiger charge is -2.29. The van der Waals surface area contributed by atoms with Crippen LogP contribution in [0.15, 0.2) is 41.5 Å². The van der Waals surface area contributed by atoms with Gasteiger partial charge in [0.1, 0.15) is 6.10 Å². The van der Waals surface area contributed by atoms with Gasteiger partial charge in [-0.1, -0.05) is 41.5 Å². The fourth-order valence-electron chi connectivity index (χ4n) is 2.33. The Morgan fingerprint density at radius 3 is 2.79 bits per heavy atom. The molecule has 0 N–H and O–H groups in total. The van der Waals surface area contributed by atoms with Gasteiger partial charge < -0.3 is 4.74 Å². The Balaban J connectivity index is 2.33. The number of allylic oxidation sites excluding steroid dienone is 1. The quantitative estimate of drug-likeness (QED) is 0.360. The molecule has 2 rings (SSSR count). The van der Waals surface area contributed by atoms with Crippen molar-refractivity contribution in [2.45, 2.75) is 31.9 Å². The molecule has 0 saturated carbocycles. The summed E-state index contributed by atoms with van der Waals surface area (Å²) in [5, 5.41) is 3.81. The molecule has 0 heterocycles. The molecule has 0 saturated heterocycles. The second-order valence-corrected chi connectivity index (χ2v) is 4.40. The molecule has 5 heteroatoms. The van der Waals surface area contributed by atoms with Crippen molar-refractivity contribution in [1.82, 2.24) is 0 Å². The molecule has 0 aromatic heterocycles. The maximum atomic E-state index is 11.1. The summed E-state index contributed by atoms with van der Waals surface area (Å²) in [7, 11) is 0. The van der Waals surface area contributed by atoms with E-state index in [1.54, 1.807) is 0 Å². The molecule has 5 nitrogen and oxygen atoms in total. The fourth-order valence-corrected chi connectivity index (χ4v) is 2.33. The summed E-state index contributed by atoms with van der Waals surface area (Å²) in [6.07, 6.45) is 3.15. The van der Waals surface area contributed by atoms with Crippen molar-refractivity contribution in [2.24, 2.45) is 5.11 Å². The Labute approximate surface area is 111 Å². The van der Waals surface area contributed by atoms with Crippen LogP contribution in [0.1, 0.15) is 25.3 Å². The van der Waals surface area contributed by atoms with Crippen molar-refractivity contribution < 1.29 is 9.53 Å². The number of hydrogen-bond acceptors (Lipinski definition) is 3. The van der Waals surface area contributed by atoms with Crippen molar-refractivity contribution in [1.29, 1.82) is 0 Å². The molecule has 0 unspecified atom stereocenters. The monoisotopic (exact) mass is 257 g/mol. The molecule has 0 aliphatic heterocycles.